The summed E-state index contributed by atoms with van der Waals surface area (Å²) in [5, 5.41) is 19.4. The Bertz CT molecular complexity index is 911. The second-order valence-corrected chi connectivity index (χ2v) is 5.99. The molecule has 1 unspecified atom stereocenters. The van der Waals surface area contributed by atoms with Gasteiger partial charge in [0.05, 0.1) is 16.7 Å². The lowest BCUT2D eigenvalue weighted by Crippen LogP contribution is -2.16. The third-order valence-electron chi connectivity index (χ3n) is 3.82. The van der Waals surface area contributed by atoms with E-state index in [4.69, 9.17) is 11.6 Å². The van der Waals surface area contributed by atoms with Crippen molar-refractivity contribution >= 4 is 23.1 Å². The number of anilines is 1. The molecular formula is C17H16ClN5O2. The number of benzene rings is 1. The zero-order valence-corrected chi connectivity index (χ0v) is 14.4. The lowest BCUT2D eigenvalue weighted by molar-refractivity contribution is -0.384. The topological polar surface area (TPSA) is 85.9 Å². The van der Waals surface area contributed by atoms with Gasteiger partial charge in [-0.2, -0.15) is 5.10 Å². The molecule has 0 saturated carbocycles. The Morgan fingerprint density at radius 2 is 2.08 bits per heavy atom. The second kappa shape index (κ2) is 6.90. The molecule has 2 aromatic heterocycles. The van der Waals surface area contributed by atoms with E-state index in [1.807, 2.05) is 36.4 Å². The number of nitro groups is 1. The molecule has 128 valence electrons. The van der Waals surface area contributed by atoms with Gasteiger partial charge in [-0.15, -0.1) is 0 Å². The molecule has 3 aromatic rings. The van der Waals surface area contributed by atoms with Gasteiger partial charge in [-0.3, -0.25) is 15.1 Å². The molecule has 7 nitrogen and oxygen atoms in total. The first-order valence-electron chi connectivity index (χ1n) is 7.58. The lowest BCUT2D eigenvalue weighted by atomic mass is 10.0. The summed E-state index contributed by atoms with van der Waals surface area (Å²) < 4.78 is 1.47. The predicted octanol–water partition coefficient (Wildman–Crippen LogP) is 3.89. The van der Waals surface area contributed by atoms with Gasteiger partial charge in [-0.25, -0.2) is 4.68 Å². The Morgan fingerprint density at radius 3 is 2.72 bits per heavy atom. The summed E-state index contributed by atoms with van der Waals surface area (Å²) in [4.78, 5) is 15.4. The van der Waals surface area contributed by atoms with Crippen LogP contribution in [0.5, 0.6) is 0 Å². The monoisotopic (exact) mass is 357 g/mol. The van der Waals surface area contributed by atoms with E-state index in [2.05, 4.69) is 15.4 Å². The highest BCUT2D eigenvalue weighted by Crippen LogP contribution is 2.33. The molecule has 0 bridgehead atoms. The minimum absolute atomic E-state index is 0.0505. The fraction of sp³-hybridized carbons (Fsp3) is 0.176. The number of pyridine rings is 1. The average molecular weight is 358 g/mol. The molecule has 8 heteroatoms. The van der Waals surface area contributed by atoms with Crippen LogP contribution >= 0.6 is 11.6 Å². The summed E-state index contributed by atoms with van der Waals surface area (Å²) in [6.07, 6.45) is 1.68. The highest BCUT2D eigenvalue weighted by molar-refractivity contribution is 6.30. The third-order valence-corrected chi connectivity index (χ3v) is 4.05. The molecule has 0 aliphatic carbocycles. The number of nitrogens with zero attached hydrogens (tertiary/aromatic N) is 4. The molecule has 0 spiro atoms. The molecule has 2 heterocycles. The zero-order valence-electron chi connectivity index (χ0n) is 13.7. The van der Waals surface area contributed by atoms with Crippen LogP contribution < -0.4 is 5.32 Å². The number of nitrogens with one attached hydrogen (secondary N) is 1. The lowest BCUT2D eigenvalue weighted by Gasteiger charge is -2.19. The van der Waals surface area contributed by atoms with Crippen LogP contribution in [-0.2, 0) is 7.05 Å². The van der Waals surface area contributed by atoms with Crippen LogP contribution in [0.4, 0.5) is 11.5 Å². The smallest absolute Gasteiger partial charge is 0.333 e. The van der Waals surface area contributed by atoms with Gasteiger partial charge in [-0.1, -0.05) is 29.8 Å². The van der Waals surface area contributed by atoms with E-state index in [1.54, 1.807) is 26.2 Å². The van der Waals surface area contributed by atoms with Gasteiger partial charge < -0.3 is 5.32 Å². The fourth-order valence-electron chi connectivity index (χ4n) is 2.72. The number of hydrogen-bond donors (Lipinski definition) is 1. The quantitative estimate of drug-likeness (QED) is 0.553. The van der Waals surface area contributed by atoms with Gasteiger partial charge >= 0.3 is 5.69 Å². The van der Waals surface area contributed by atoms with Crippen LogP contribution in [0, 0.1) is 17.0 Å². The van der Waals surface area contributed by atoms with Crippen LogP contribution in [0.1, 0.15) is 23.0 Å². The number of halogens is 1. The third kappa shape index (κ3) is 3.46. The van der Waals surface area contributed by atoms with Crippen LogP contribution in [0.2, 0.25) is 5.02 Å². The van der Waals surface area contributed by atoms with Gasteiger partial charge in [0.1, 0.15) is 5.69 Å². The summed E-state index contributed by atoms with van der Waals surface area (Å²) >= 11 is 6.12. The average Bonchev–Trinajstić information content (AvgIpc) is 2.87. The molecule has 0 saturated heterocycles. The molecule has 25 heavy (non-hydrogen) atoms. The van der Waals surface area contributed by atoms with E-state index >= 15 is 0 Å². The van der Waals surface area contributed by atoms with Crippen molar-refractivity contribution in [1.82, 2.24) is 14.8 Å². The van der Waals surface area contributed by atoms with E-state index in [0.717, 1.165) is 11.3 Å². The fourth-order valence-corrected chi connectivity index (χ4v) is 2.92. The van der Waals surface area contributed by atoms with Crippen molar-refractivity contribution < 1.29 is 4.92 Å². The molecule has 0 aliphatic heterocycles. The first kappa shape index (κ1) is 16.9. The van der Waals surface area contributed by atoms with Crippen LogP contribution in [0.3, 0.4) is 0 Å². The maximum atomic E-state index is 11.4. The molecule has 0 fully saturated rings. The molecule has 0 radical (unpaired) electrons. The van der Waals surface area contributed by atoms with Crippen molar-refractivity contribution in [3.8, 4) is 0 Å². The van der Waals surface area contributed by atoms with Gasteiger partial charge in [-0.05, 0) is 36.8 Å². The van der Waals surface area contributed by atoms with Crippen molar-refractivity contribution in [3.63, 3.8) is 0 Å². The zero-order chi connectivity index (χ0) is 18.0. The van der Waals surface area contributed by atoms with E-state index in [9.17, 15) is 10.1 Å². The molecule has 0 amide bonds. The molecule has 1 atom stereocenters. The minimum atomic E-state index is -0.432. The number of rotatable bonds is 5. The van der Waals surface area contributed by atoms with Crippen LogP contribution in [0.25, 0.3) is 0 Å². The Balaban J connectivity index is 2.10. The van der Waals surface area contributed by atoms with Gasteiger partial charge in [0, 0.05) is 18.3 Å². The maximum Gasteiger partial charge on any atom is 0.333 e. The first-order chi connectivity index (χ1) is 12.0. The summed E-state index contributed by atoms with van der Waals surface area (Å²) in [6, 6.07) is 12.4. The largest absolute Gasteiger partial charge is 0.352 e. The molecule has 3 rings (SSSR count). The molecule has 0 aliphatic rings. The van der Waals surface area contributed by atoms with Crippen molar-refractivity contribution in [1.29, 1.82) is 0 Å². The molecule has 1 N–H and O–H groups in total. The summed E-state index contributed by atoms with van der Waals surface area (Å²) in [7, 11) is 1.66. The summed E-state index contributed by atoms with van der Waals surface area (Å²) in [5.41, 5.74) is 1.86. The van der Waals surface area contributed by atoms with Crippen molar-refractivity contribution in [2.24, 2.45) is 7.05 Å². The van der Waals surface area contributed by atoms with Crippen molar-refractivity contribution in [2.75, 3.05) is 5.32 Å². The Kier molecular flexibility index (Phi) is 4.67. The van der Waals surface area contributed by atoms with Crippen molar-refractivity contribution in [2.45, 2.75) is 13.0 Å². The van der Waals surface area contributed by atoms with Gasteiger partial charge in [0.15, 0.2) is 0 Å². The number of aromatic nitrogens is 3. The Hall–Kier alpha value is -2.93. The number of hydrogen-bond acceptors (Lipinski definition) is 5. The highest BCUT2D eigenvalue weighted by atomic mass is 35.5. The van der Waals surface area contributed by atoms with Crippen molar-refractivity contribution in [3.05, 3.63) is 80.7 Å². The van der Waals surface area contributed by atoms with Gasteiger partial charge in [0.25, 0.3) is 0 Å². The second-order valence-electron chi connectivity index (χ2n) is 5.55. The highest BCUT2D eigenvalue weighted by Gasteiger charge is 2.27. The minimum Gasteiger partial charge on any atom is -0.352 e. The first-order valence-corrected chi connectivity index (χ1v) is 7.96. The molecule has 1 aromatic carbocycles. The Morgan fingerprint density at radius 1 is 1.28 bits per heavy atom. The SMILES string of the molecule is Cc1nn(C)c(NC(c2cccc(Cl)c2)c2ccccn2)c1[N+](=O)[O-]. The number of aryl methyl sites for hydroxylation is 2. The van der Waals surface area contributed by atoms with E-state index in [-0.39, 0.29) is 5.69 Å². The van der Waals surface area contributed by atoms with E-state index < -0.39 is 11.0 Å². The van der Waals surface area contributed by atoms with Crippen LogP contribution in [0.15, 0.2) is 48.7 Å². The maximum absolute atomic E-state index is 11.4. The predicted molar refractivity (Wildman–Crippen MR) is 95.8 cm³/mol. The van der Waals surface area contributed by atoms with E-state index in [0.29, 0.717) is 16.5 Å². The standard InChI is InChI=1S/C17H16ClN5O2/c1-11-16(23(24)25)17(22(2)21-11)20-15(14-8-3-4-9-19-14)12-6-5-7-13(18)10-12/h3-10,15,20H,1-2H3. The summed E-state index contributed by atoms with van der Waals surface area (Å²) in [5.74, 6) is 0.318. The van der Waals surface area contributed by atoms with Crippen LogP contribution in [-0.4, -0.2) is 19.7 Å². The molecular weight excluding hydrogens is 342 g/mol. The van der Waals surface area contributed by atoms with E-state index in [1.165, 1.54) is 4.68 Å². The normalized spacial score (nSPS) is 12.0. The Labute approximate surface area is 149 Å². The van der Waals surface area contributed by atoms with Gasteiger partial charge in [0.2, 0.25) is 5.82 Å². The summed E-state index contributed by atoms with van der Waals surface area (Å²) in [6.45, 7) is 1.61.